The summed E-state index contributed by atoms with van der Waals surface area (Å²) in [7, 11) is 4.27. The molecule has 11 aromatic rings. The van der Waals surface area contributed by atoms with E-state index in [-0.39, 0.29) is 6.17 Å². The summed E-state index contributed by atoms with van der Waals surface area (Å²) in [6.45, 7) is 0. The highest BCUT2D eigenvalue weighted by Gasteiger charge is 2.26. The van der Waals surface area contributed by atoms with E-state index in [1.807, 2.05) is 12.3 Å². The van der Waals surface area contributed by atoms with Crippen LogP contribution in [0.2, 0.25) is 0 Å². The number of hydrogen-bond donors (Lipinski definition) is 1. The average molecular weight is 930 g/mol. The van der Waals surface area contributed by atoms with Crippen molar-refractivity contribution in [2.45, 2.75) is 31.8 Å². The molecule has 2 aromatic heterocycles. The molecule has 0 saturated heterocycles. The standard InChI is InChI=1S/C67H55N5/c1-71-64-21-10-8-19-62(64)69-66(71)53-31-27-46(28-32-53)23-25-48-42-49(26-24-47-29-33-54(34-30-47)67-70-63-20-9-11-22-65(63)72(67)2)44-56(43-48)57-16-6-7-17-58(57)59-40-39-55(61-18-12-13-41-68-61)45-60(59)52-37-35-51(36-38-52)50-14-4-3-5-15-50/h3-22,27-45,66,69H,23-26H2,1-2H3. The molecule has 5 heteroatoms. The van der Waals surface area contributed by atoms with Crippen molar-refractivity contribution in [1.29, 1.82) is 0 Å². The van der Waals surface area contributed by atoms with E-state index in [4.69, 9.17) is 9.97 Å². The molecule has 1 N–H and O–H groups in total. The Kier molecular flexibility index (Phi) is 12.1. The number of hydrogen-bond acceptors (Lipinski definition) is 4. The number of benzene rings is 9. The van der Waals surface area contributed by atoms with Crippen LogP contribution in [0, 0.1) is 0 Å². The predicted molar refractivity (Wildman–Crippen MR) is 300 cm³/mol. The summed E-state index contributed by atoms with van der Waals surface area (Å²) in [5, 5.41) is 3.71. The zero-order chi connectivity index (χ0) is 48.4. The summed E-state index contributed by atoms with van der Waals surface area (Å²) < 4.78 is 2.19. The van der Waals surface area contributed by atoms with Gasteiger partial charge in [0.15, 0.2) is 0 Å². The molecule has 0 spiro atoms. The van der Waals surface area contributed by atoms with Gasteiger partial charge in [0.05, 0.1) is 28.1 Å². The Morgan fingerprint density at radius 3 is 1.72 bits per heavy atom. The van der Waals surface area contributed by atoms with E-state index in [2.05, 4.69) is 253 Å². The van der Waals surface area contributed by atoms with Crippen LogP contribution in [0.25, 0.3) is 78.2 Å². The predicted octanol–water partition coefficient (Wildman–Crippen LogP) is 16.1. The first-order chi connectivity index (χ1) is 35.5. The van der Waals surface area contributed by atoms with Gasteiger partial charge in [-0.2, -0.15) is 0 Å². The molecule has 0 radical (unpaired) electrons. The molecule has 0 aliphatic carbocycles. The molecule has 3 heterocycles. The van der Waals surface area contributed by atoms with Crippen LogP contribution in [0.4, 0.5) is 11.4 Å². The summed E-state index contributed by atoms with van der Waals surface area (Å²) >= 11 is 0. The number of nitrogens with zero attached hydrogens (tertiary/aromatic N) is 4. The van der Waals surface area contributed by atoms with Crippen LogP contribution in [-0.4, -0.2) is 21.6 Å². The Bertz CT molecular complexity index is 3670. The molecule has 1 unspecified atom stereocenters. The largest absolute Gasteiger partial charge is 0.360 e. The van der Waals surface area contributed by atoms with E-state index in [1.165, 1.54) is 83.7 Å². The highest BCUT2D eigenvalue weighted by Crippen LogP contribution is 2.42. The first-order valence-electron chi connectivity index (χ1n) is 25.1. The molecular formula is C67H55N5. The zero-order valence-electron chi connectivity index (χ0n) is 40.7. The van der Waals surface area contributed by atoms with Gasteiger partial charge in [-0.05, 0) is 140 Å². The fourth-order valence-electron chi connectivity index (χ4n) is 10.6. The van der Waals surface area contributed by atoms with Crippen LogP contribution in [-0.2, 0) is 32.7 Å². The fraction of sp³-hybridized carbons (Fsp3) is 0.104. The van der Waals surface area contributed by atoms with Crippen molar-refractivity contribution in [2.75, 3.05) is 17.3 Å². The van der Waals surface area contributed by atoms with Crippen LogP contribution in [0.5, 0.6) is 0 Å². The number of aryl methyl sites for hydroxylation is 5. The lowest BCUT2D eigenvalue weighted by Crippen LogP contribution is -2.23. The van der Waals surface area contributed by atoms with Crippen molar-refractivity contribution in [2.24, 2.45) is 7.05 Å². The van der Waals surface area contributed by atoms with E-state index in [0.29, 0.717) is 0 Å². The van der Waals surface area contributed by atoms with Crippen molar-refractivity contribution in [3.63, 3.8) is 0 Å². The number of anilines is 2. The van der Waals surface area contributed by atoms with Crippen LogP contribution in [0.1, 0.15) is 34.0 Å². The first kappa shape index (κ1) is 44.4. The van der Waals surface area contributed by atoms with Gasteiger partial charge >= 0.3 is 0 Å². The quantitative estimate of drug-likeness (QED) is 0.125. The molecule has 12 rings (SSSR count). The van der Waals surface area contributed by atoms with E-state index in [9.17, 15) is 0 Å². The summed E-state index contributed by atoms with van der Waals surface area (Å²) in [6, 6.07) is 84.0. The van der Waals surface area contributed by atoms with Gasteiger partial charge in [-0.25, -0.2) is 4.98 Å². The van der Waals surface area contributed by atoms with Crippen molar-refractivity contribution in [3.05, 3.63) is 265 Å². The molecule has 0 saturated carbocycles. The number of nitrogens with one attached hydrogen (secondary N) is 1. The van der Waals surface area contributed by atoms with E-state index in [1.54, 1.807) is 0 Å². The molecule has 5 nitrogen and oxygen atoms in total. The Balaban J connectivity index is 0.880. The minimum absolute atomic E-state index is 0.113. The van der Waals surface area contributed by atoms with Gasteiger partial charge in [-0.15, -0.1) is 0 Å². The van der Waals surface area contributed by atoms with E-state index < -0.39 is 0 Å². The third-order valence-electron chi connectivity index (χ3n) is 14.5. The second kappa shape index (κ2) is 19.5. The van der Waals surface area contributed by atoms with Crippen molar-refractivity contribution in [3.8, 4) is 67.2 Å². The van der Waals surface area contributed by atoms with Gasteiger partial charge in [0.25, 0.3) is 0 Å². The van der Waals surface area contributed by atoms with Gasteiger partial charge in [0, 0.05) is 31.4 Å². The first-order valence-corrected chi connectivity index (χ1v) is 25.1. The zero-order valence-corrected chi connectivity index (χ0v) is 40.7. The maximum Gasteiger partial charge on any atom is 0.140 e. The maximum absolute atomic E-state index is 4.97. The number of fused-ring (bicyclic) bond motifs is 2. The van der Waals surface area contributed by atoms with Gasteiger partial charge in [0.2, 0.25) is 0 Å². The highest BCUT2D eigenvalue weighted by molar-refractivity contribution is 5.94. The number of rotatable bonds is 13. The van der Waals surface area contributed by atoms with E-state index >= 15 is 0 Å². The molecule has 1 atom stereocenters. The van der Waals surface area contributed by atoms with Crippen LogP contribution >= 0.6 is 0 Å². The lowest BCUT2D eigenvalue weighted by molar-refractivity contribution is 0.791. The van der Waals surface area contributed by atoms with Gasteiger partial charge < -0.3 is 14.8 Å². The molecule has 0 fully saturated rings. The molecule has 0 bridgehead atoms. The van der Waals surface area contributed by atoms with Gasteiger partial charge in [-0.1, -0.05) is 188 Å². The molecule has 72 heavy (non-hydrogen) atoms. The second-order valence-corrected chi connectivity index (χ2v) is 19.1. The normalized spacial score (nSPS) is 13.0. The maximum atomic E-state index is 4.97. The minimum Gasteiger partial charge on any atom is -0.360 e. The Labute approximate surface area is 422 Å². The number of para-hydroxylation sites is 4. The average Bonchev–Trinajstić information content (AvgIpc) is 3.98. The third-order valence-corrected chi connectivity index (χ3v) is 14.5. The number of pyridine rings is 1. The topological polar surface area (TPSA) is 46.0 Å². The Morgan fingerprint density at radius 1 is 0.417 bits per heavy atom. The number of imidazole rings is 1. The molecular weight excluding hydrogens is 875 g/mol. The lowest BCUT2D eigenvalue weighted by atomic mass is 9.86. The number of aromatic nitrogens is 3. The summed E-state index contributed by atoms with van der Waals surface area (Å²) in [4.78, 5) is 12.0. The highest BCUT2D eigenvalue weighted by atomic mass is 15.3. The lowest BCUT2D eigenvalue weighted by Gasteiger charge is -2.22. The Hall–Kier alpha value is -8.80. The summed E-state index contributed by atoms with van der Waals surface area (Å²) in [5.41, 5.74) is 23.9. The minimum atomic E-state index is 0.113. The molecule has 1 aliphatic heterocycles. The summed E-state index contributed by atoms with van der Waals surface area (Å²) in [5.74, 6) is 0.986. The van der Waals surface area contributed by atoms with Crippen molar-refractivity contribution < 1.29 is 0 Å². The molecule has 9 aromatic carbocycles. The summed E-state index contributed by atoms with van der Waals surface area (Å²) in [6.07, 6.45) is 5.71. The van der Waals surface area contributed by atoms with Crippen LogP contribution < -0.4 is 10.2 Å². The molecule has 0 amide bonds. The smallest absolute Gasteiger partial charge is 0.140 e. The Morgan fingerprint density at radius 2 is 1.00 bits per heavy atom. The molecule has 348 valence electrons. The molecule has 1 aliphatic rings. The van der Waals surface area contributed by atoms with Crippen LogP contribution in [0.3, 0.4) is 0 Å². The van der Waals surface area contributed by atoms with Gasteiger partial charge in [-0.3, -0.25) is 4.98 Å². The van der Waals surface area contributed by atoms with Crippen LogP contribution in [0.15, 0.2) is 237 Å². The monoisotopic (exact) mass is 929 g/mol. The second-order valence-electron chi connectivity index (χ2n) is 19.1. The van der Waals surface area contributed by atoms with Gasteiger partial charge in [0.1, 0.15) is 12.0 Å². The fourth-order valence-corrected chi connectivity index (χ4v) is 10.6. The SMILES string of the molecule is CN1c2ccccc2NC1c1ccc(CCc2cc(CCc3ccc(-c4nc5ccccc5n4C)cc3)cc(-c3ccccc3-c3ccc(-c4ccccn4)cc3-c3ccc(-c4ccccc4)cc3)c2)cc1. The third kappa shape index (κ3) is 8.98. The van der Waals surface area contributed by atoms with Crippen molar-refractivity contribution in [1.82, 2.24) is 14.5 Å². The van der Waals surface area contributed by atoms with Crippen molar-refractivity contribution >= 4 is 22.4 Å². The van der Waals surface area contributed by atoms with E-state index in [0.717, 1.165) is 59.4 Å².